The molecule has 1 aromatic rings. The Hall–Kier alpha value is -1.81. The number of carbonyl (C=O) groups is 1. The van der Waals surface area contributed by atoms with Crippen molar-refractivity contribution in [2.24, 2.45) is 0 Å². The largest absolute Gasteiger partial charge is 0.298 e. The van der Waals surface area contributed by atoms with Gasteiger partial charge in [0.1, 0.15) is 6.29 Å². The lowest BCUT2D eigenvalue weighted by Gasteiger charge is -1.84. The first kappa shape index (κ1) is 9.28. The molecule has 0 bridgehead atoms. The van der Waals surface area contributed by atoms with E-state index in [1.54, 1.807) is 13.0 Å². The lowest BCUT2D eigenvalue weighted by molar-refractivity contribution is -0.104. The number of rotatable bonds is 1. The smallest absolute Gasteiger partial charge is 0.146 e. The number of carbonyl (C=O) groups excluding carboxylic acids is 1. The molecule has 0 aliphatic heterocycles. The molecule has 0 amide bonds. The fraction of sp³-hybridized carbons (Fsp3) is 0.0833. The van der Waals surface area contributed by atoms with E-state index in [0.717, 1.165) is 11.8 Å². The molecule has 1 aromatic carbocycles. The highest BCUT2D eigenvalue weighted by atomic mass is 16.1. The summed E-state index contributed by atoms with van der Waals surface area (Å²) in [6.45, 7) is 1.73. The Morgan fingerprint density at radius 1 is 1.31 bits per heavy atom. The molecule has 0 radical (unpaired) electrons. The first-order valence-corrected chi connectivity index (χ1v) is 4.01. The van der Waals surface area contributed by atoms with E-state index in [2.05, 4.69) is 11.8 Å². The van der Waals surface area contributed by atoms with Crippen molar-refractivity contribution in [1.82, 2.24) is 0 Å². The predicted octanol–water partition coefficient (Wildman–Crippen LogP) is 2.18. The van der Waals surface area contributed by atoms with Crippen LogP contribution in [0.25, 0.3) is 0 Å². The van der Waals surface area contributed by atoms with Crippen LogP contribution in [0.15, 0.2) is 42.0 Å². The molecule has 1 heteroatoms. The van der Waals surface area contributed by atoms with E-state index in [4.69, 9.17) is 0 Å². The summed E-state index contributed by atoms with van der Waals surface area (Å²) in [5.74, 6) is 5.73. The van der Waals surface area contributed by atoms with E-state index in [0.29, 0.717) is 5.57 Å². The Morgan fingerprint density at radius 3 is 2.62 bits per heavy atom. The zero-order chi connectivity index (χ0) is 9.52. The molecule has 0 fully saturated rings. The topological polar surface area (TPSA) is 17.1 Å². The van der Waals surface area contributed by atoms with Crippen LogP contribution in [0.1, 0.15) is 12.5 Å². The molecular weight excluding hydrogens is 160 g/mol. The lowest BCUT2D eigenvalue weighted by Crippen LogP contribution is -1.73. The van der Waals surface area contributed by atoms with Gasteiger partial charge in [-0.2, -0.15) is 0 Å². The minimum atomic E-state index is 0.642. The van der Waals surface area contributed by atoms with Gasteiger partial charge in [-0.15, -0.1) is 0 Å². The van der Waals surface area contributed by atoms with E-state index < -0.39 is 0 Å². The van der Waals surface area contributed by atoms with Gasteiger partial charge >= 0.3 is 0 Å². The average molecular weight is 170 g/mol. The Labute approximate surface area is 78.1 Å². The molecule has 0 heterocycles. The summed E-state index contributed by atoms with van der Waals surface area (Å²) >= 11 is 0. The zero-order valence-electron chi connectivity index (χ0n) is 7.45. The third-order valence-electron chi connectivity index (χ3n) is 1.48. The van der Waals surface area contributed by atoms with E-state index in [1.807, 2.05) is 30.3 Å². The van der Waals surface area contributed by atoms with Crippen molar-refractivity contribution in [2.75, 3.05) is 0 Å². The van der Waals surface area contributed by atoms with Crippen LogP contribution >= 0.6 is 0 Å². The molecule has 0 N–H and O–H groups in total. The number of hydrogen-bond donors (Lipinski definition) is 0. The number of hydrogen-bond acceptors (Lipinski definition) is 1. The molecule has 0 saturated carbocycles. The van der Waals surface area contributed by atoms with Crippen LogP contribution in [0, 0.1) is 11.8 Å². The Balaban J connectivity index is 2.74. The van der Waals surface area contributed by atoms with Gasteiger partial charge in [0.15, 0.2) is 0 Å². The van der Waals surface area contributed by atoms with Gasteiger partial charge in [-0.3, -0.25) is 4.79 Å². The number of aldehydes is 1. The molecule has 0 spiro atoms. The normalized spacial score (nSPS) is 10.1. The van der Waals surface area contributed by atoms with Gasteiger partial charge in [-0.05, 0) is 30.7 Å². The van der Waals surface area contributed by atoms with Gasteiger partial charge in [0, 0.05) is 5.56 Å². The minimum Gasteiger partial charge on any atom is -0.298 e. The van der Waals surface area contributed by atoms with Crippen molar-refractivity contribution >= 4 is 6.29 Å². The molecule has 0 aliphatic rings. The highest BCUT2D eigenvalue weighted by molar-refractivity contribution is 5.73. The Morgan fingerprint density at radius 2 is 2.00 bits per heavy atom. The summed E-state index contributed by atoms with van der Waals surface area (Å²) in [7, 11) is 0. The monoisotopic (exact) mass is 170 g/mol. The summed E-state index contributed by atoms with van der Waals surface area (Å²) in [6.07, 6.45) is 2.40. The summed E-state index contributed by atoms with van der Waals surface area (Å²) < 4.78 is 0. The van der Waals surface area contributed by atoms with E-state index in [-0.39, 0.29) is 0 Å². The second kappa shape index (κ2) is 4.95. The molecule has 0 saturated heterocycles. The van der Waals surface area contributed by atoms with Crippen LogP contribution in [0.4, 0.5) is 0 Å². The summed E-state index contributed by atoms with van der Waals surface area (Å²) in [6, 6.07) is 9.66. The molecule has 1 nitrogen and oxygen atoms in total. The van der Waals surface area contributed by atoms with Gasteiger partial charge in [0.25, 0.3) is 0 Å². The van der Waals surface area contributed by atoms with E-state index in [9.17, 15) is 4.79 Å². The quantitative estimate of drug-likeness (QED) is 0.358. The second-order valence-corrected chi connectivity index (χ2v) is 2.64. The van der Waals surface area contributed by atoms with Crippen LogP contribution in [-0.2, 0) is 4.79 Å². The van der Waals surface area contributed by atoms with Gasteiger partial charge in [0.2, 0.25) is 0 Å². The maximum absolute atomic E-state index is 10.2. The predicted molar refractivity (Wildman–Crippen MR) is 53.1 cm³/mol. The molecule has 1 rings (SSSR count). The highest BCUT2D eigenvalue weighted by Gasteiger charge is 1.80. The Bertz CT molecular complexity index is 363. The molecule has 13 heavy (non-hydrogen) atoms. The van der Waals surface area contributed by atoms with E-state index in [1.165, 1.54) is 0 Å². The fourth-order valence-electron chi connectivity index (χ4n) is 0.789. The molecule has 0 aromatic heterocycles. The summed E-state index contributed by atoms with van der Waals surface area (Å²) in [4.78, 5) is 10.2. The molecular formula is C12H10O. The fourth-order valence-corrected chi connectivity index (χ4v) is 0.789. The van der Waals surface area contributed by atoms with Crippen molar-refractivity contribution < 1.29 is 4.79 Å². The molecule has 64 valence electrons. The van der Waals surface area contributed by atoms with Crippen molar-refractivity contribution in [2.45, 2.75) is 6.92 Å². The van der Waals surface area contributed by atoms with Crippen LogP contribution in [0.5, 0.6) is 0 Å². The molecule has 0 unspecified atom stereocenters. The average Bonchev–Trinajstić information content (AvgIpc) is 2.19. The third kappa shape index (κ3) is 3.39. The third-order valence-corrected chi connectivity index (χ3v) is 1.48. The van der Waals surface area contributed by atoms with Gasteiger partial charge in [-0.25, -0.2) is 0 Å². The standard InChI is InChI=1S/C12H10O/c1-11(10-13)6-5-9-12-7-3-2-4-8-12/h2-4,6-8,10H,1H3/b11-6-. The molecule has 0 aliphatic carbocycles. The highest BCUT2D eigenvalue weighted by Crippen LogP contribution is 1.94. The van der Waals surface area contributed by atoms with Crippen molar-refractivity contribution in [3.05, 3.63) is 47.5 Å². The van der Waals surface area contributed by atoms with Crippen LogP contribution in [-0.4, -0.2) is 6.29 Å². The number of allylic oxidation sites excluding steroid dienone is 2. The van der Waals surface area contributed by atoms with E-state index >= 15 is 0 Å². The maximum Gasteiger partial charge on any atom is 0.146 e. The SMILES string of the molecule is C/C(C=O)=C/C#Cc1ccccc1. The number of benzene rings is 1. The summed E-state index contributed by atoms with van der Waals surface area (Å²) in [5, 5.41) is 0. The molecule has 0 atom stereocenters. The first-order chi connectivity index (χ1) is 6.33. The zero-order valence-corrected chi connectivity index (χ0v) is 7.45. The van der Waals surface area contributed by atoms with Gasteiger partial charge in [0.05, 0.1) is 0 Å². The van der Waals surface area contributed by atoms with Crippen molar-refractivity contribution in [3.8, 4) is 11.8 Å². The maximum atomic E-state index is 10.2. The van der Waals surface area contributed by atoms with Crippen molar-refractivity contribution in [1.29, 1.82) is 0 Å². The minimum absolute atomic E-state index is 0.642. The lowest BCUT2D eigenvalue weighted by atomic mass is 10.2. The van der Waals surface area contributed by atoms with Crippen LogP contribution < -0.4 is 0 Å². The van der Waals surface area contributed by atoms with Gasteiger partial charge < -0.3 is 0 Å². The van der Waals surface area contributed by atoms with Crippen LogP contribution in [0.3, 0.4) is 0 Å². The van der Waals surface area contributed by atoms with Crippen molar-refractivity contribution in [3.63, 3.8) is 0 Å². The Kier molecular flexibility index (Phi) is 3.53. The van der Waals surface area contributed by atoms with Gasteiger partial charge in [-0.1, -0.05) is 30.0 Å². The summed E-state index contributed by atoms with van der Waals surface area (Å²) in [5.41, 5.74) is 1.60. The second-order valence-electron chi connectivity index (χ2n) is 2.64. The van der Waals surface area contributed by atoms with Crippen LogP contribution in [0.2, 0.25) is 0 Å². The first-order valence-electron chi connectivity index (χ1n) is 4.01.